The maximum atomic E-state index is 13.2. The molecule has 0 fully saturated rings. The van der Waals surface area contributed by atoms with Crippen molar-refractivity contribution in [2.45, 2.75) is 19.1 Å². The van der Waals surface area contributed by atoms with Crippen LogP contribution in [0.4, 0.5) is 4.39 Å². The predicted octanol–water partition coefficient (Wildman–Crippen LogP) is 0.703. The van der Waals surface area contributed by atoms with Gasteiger partial charge in [0.2, 0.25) is 0 Å². The smallest absolute Gasteiger partial charge is 0.335 e. The number of halogens is 1. The van der Waals surface area contributed by atoms with E-state index >= 15 is 0 Å². The number of aliphatic hydroxyl groups excluding tert-OH is 2. The number of aliphatic hydroxyl groups is 2. The number of carboxylic acids is 1. The van der Waals surface area contributed by atoms with Crippen molar-refractivity contribution in [3.8, 4) is 5.75 Å². The average molecular weight is 244 g/mol. The Kier molecular flexibility index (Phi) is 4.42. The molecule has 0 saturated heterocycles. The zero-order chi connectivity index (χ0) is 13.0. The number of hydrogen-bond donors (Lipinski definition) is 3. The van der Waals surface area contributed by atoms with Crippen molar-refractivity contribution in [3.05, 3.63) is 29.6 Å². The maximum absolute atomic E-state index is 13.2. The SMILES string of the molecule is CCOc1cc(F)cc(C(O)C(O)C(=O)O)c1. The Morgan fingerprint density at radius 2 is 2.06 bits per heavy atom. The van der Waals surface area contributed by atoms with Crippen LogP contribution >= 0.6 is 0 Å². The van der Waals surface area contributed by atoms with E-state index in [0.717, 1.165) is 12.1 Å². The quantitative estimate of drug-likeness (QED) is 0.709. The molecule has 3 N–H and O–H groups in total. The van der Waals surface area contributed by atoms with E-state index in [1.54, 1.807) is 6.92 Å². The Hall–Kier alpha value is -1.66. The third kappa shape index (κ3) is 3.40. The Labute approximate surface area is 97.1 Å². The third-order valence-corrected chi connectivity index (χ3v) is 2.10. The molecule has 0 bridgehead atoms. The van der Waals surface area contributed by atoms with Gasteiger partial charge in [-0.25, -0.2) is 9.18 Å². The normalized spacial score (nSPS) is 14.1. The summed E-state index contributed by atoms with van der Waals surface area (Å²) in [4.78, 5) is 10.5. The number of benzene rings is 1. The van der Waals surface area contributed by atoms with Gasteiger partial charge in [0.25, 0.3) is 0 Å². The molecule has 0 spiro atoms. The lowest BCUT2D eigenvalue weighted by Gasteiger charge is -2.15. The minimum atomic E-state index is -2.01. The number of hydrogen-bond acceptors (Lipinski definition) is 4. The molecule has 94 valence electrons. The highest BCUT2D eigenvalue weighted by Gasteiger charge is 2.25. The Bertz CT molecular complexity index is 407. The van der Waals surface area contributed by atoms with Crippen molar-refractivity contribution in [1.29, 1.82) is 0 Å². The van der Waals surface area contributed by atoms with Crippen LogP contribution in [-0.2, 0) is 4.79 Å². The van der Waals surface area contributed by atoms with Crippen LogP contribution in [0, 0.1) is 5.82 Å². The summed E-state index contributed by atoms with van der Waals surface area (Å²) in [6.07, 6.45) is -3.71. The van der Waals surface area contributed by atoms with E-state index < -0.39 is 24.0 Å². The molecule has 0 aromatic heterocycles. The highest BCUT2D eigenvalue weighted by atomic mass is 19.1. The molecule has 0 amide bonds. The highest BCUT2D eigenvalue weighted by Crippen LogP contribution is 2.23. The molecule has 1 rings (SSSR count). The first-order valence-electron chi connectivity index (χ1n) is 4.98. The lowest BCUT2D eigenvalue weighted by atomic mass is 10.0. The van der Waals surface area contributed by atoms with E-state index in [1.807, 2.05) is 0 Å². The van der Waals surface area contributed by atoms with Gasteiger partial charge in [0.15, 0.2) is 6.10 Å². The van der Waals surface area contributed by atoms with Gasteiger partial charge in [0, 0.05) is 6.07 Å². The topological polar surface area (TPSA) is 87.0 Å². The van der Waals surface area contributed by atoms with Crippen molar-refractivity contribution in [2.75, 3.05) is 6.61 Å². The molecular formula is C11H13FO5. The summed E-state index contributed by atoms with van der Waals surface area (Å²) in [5.41, 5.74) is -0.0525. The van der Waals surface area contributed by atoms with Gasteiger partial charge in [-0.1, -0.05) is 0 Å². The maximum Gasteiger partial charge on any atom is 0.335 e. The van der Waals surface area contributed by atoms with E-state index in [2.05, 4.69) is 0 Å². The molecule has 1 aromatic rings. The molecular weight excluding hydrogens is 231 g/mol. The lowest BCUT2D eigenvalue weighted by molar-refractivity contribution is -0.153. The first-order chi connectivity index (χ1) is 7.95. The zero-order valence-corrected chi connectivity index (χ0v) is 9.13. The van der Waals surface area contributed by atoms with Crippen LogP contribution in [0.15, 0.2) is 18.2 Å². The van der Waals surface area contributed by atoms with E-state index in [-0.39, 0.29) is 11.3 Å². The molecule has 0 aliphatic carbocycles. The standard InChI is InChI=1S/C11H13FO5/c1-2-17-8-4-6(3-7(12)5-8)9(13)10(14)11(15)16/h3-5,9-10,13-14H,2H2,1H3,(H,15,16). The molecule has 0 heterocycles. The van der Waals surface area contributed by atoms with E-state index in [0.29, 0.717) is 6.61 Å². The molecule has 1 aromatic carbocycles. The van der Waals surface area contributed by atoms with E-state index in [4.69, 9.17) is 14.9 Å². The second-order valence-corrected chi connectivity index (χ2v) is 3.38. The molecule has 0 aliphatic heterocycles. The lowest BCUT2D eigenvalue weighted by Crippen LogP contribution is -2.27. The van der Waals surface area contributed by atoms with Crippen LogP contribution in [-0.4, -0.2) is 34.0 Å². The van der Waals surface area contributed by atoms with Gasteiger partial charge in [-0.15, -0.1) is 0 Å². The second-order valence-electron chi connectivity index (χ2n) is 3.38. The zero-order valence-electron chi connectivity index (χ0n) is 9.13. The van der Waals surface area contributed by atoms with E-state index in [1.165, 1.54) is 6.07 Å². The molecule has 0 aliphatic rings. The molecule has 2 unspecified atom stereocenters. The van der Waals surface area contributed by atoms with Gasteiger partial charge in [-0.3, -0.25) is 0 Å². The molecule has 0 saturated carbocycles. The monoisotopic (exact) mass is 244 g/mol. The summed E-state index contributed by atoms with van der Waals surface area (Å²) in [5, 5.41) is 27.2. The van der Waals surface area contributed by atoms with Crippen LogP contribution in [0.25, 0.3) is 0 Å². The average Bonchev–Trinajstić information content (AvgIpc) is 2.26. The van der Waals surface area contributed by atoms with Crippen molar-refractivity contribution in [2.24, 2.45) is 0 Å². The van der Waals surface area contributed by atoms with Crippen LogP contribution in [0.1, 0.15) is 18.6 Å². The summed E-state index contributed by atoms with van der Waals surface area (Å²) in [6.45, 7) is 2.01. The highest BCUT2D eigenvalue weighted by molar-refractivity contribution is 5.73. The Morgan fingerprint density at radius 3 is 2.59 bits per heavy atom. The Balaban J connectivity index is 3.00. The number of aliphatic carboxylic acids is 1. The van der Waals surface area contributed by atoms with Gasteiger partial charge in [-0.05, 0) is 24.6 Å². The van der Waals surface area contributed by atoms with Crippen molar-refractivity contribution < 1.29 is 29.2 Å². The van der Waals surface area contributed by atoms with Crippen LogP contribution in [0.3, 0.4) is 0 Å². The summed E-state index contributed by atoms with van der Waals surface area (Å²) < 4.78 is 18.2. The minimum Gasteiger partial charge on any atom is -0.494 e. The van der Waals surface area contributed by atoms with Gasteiger partial charge >= 0.3 is 5.97 Å². The van der Waals surface area contributed by atoms with E-state index in [9.17, 15) is 14.3 Å². The minimum absolute atomic E-state index is 0.0525. The third-order valence-electron chi connectivity index (χ3n) is 2.10. The number of carboxylic acid groups (broad SMARTS) is 1. The summed E-state index contributed by atoms with van der Waals surface area (Å²) in [5.74, 6) is -2.10. The number of ether oxygens (including phenoxy) is 1. The second kappa shape index (κ2) is 5.60. The summed E-state index contributed by atoms with van der Waals surface area (Å²) in [6, 6.07) is 3.33. The van der Waals surface area contributed by atoms with Crippen molar-refractivity contribution >= 4 is 5.97 Å². The first kappa shape index (κ1) is 13.4. The fourth-order valence-corrected chi connectivity index (χ4v) is 1.32. The Morgan fingerprint density at radius 1 is 1.41 bits per heavy atom. The van der Waals surface area contributed by atoms with Gasteiger partial charge in [-0.2, -0.15) is 0 Å². The van der Waals surface area contributed by atoms with Crippen LogP contribution < -0.4 is 4.74 Å². The first-order valence-corrected chi connectivity index (χ1v) is 4.98. The number of carbonyl (C=O) groups is 1. The number of rotatable bonds is 5. The predicted molar refractivity (Wildman–Crippen MR) is 56.2 cm³/mol. The summed E-state index contributed by atoms with van der Waals surface area (Å²) in [7, 11) is 0. The fourth-order valence-electron chi connectivity index (χ4n) is 1.32. The molecule has 0 radical (unpaired) electrons. The van der Waals surface area contributed by atoms with Gasteiger partial charge in [0.1, 0.15) is 17.7 Å². The van der Waals surface area contributed by atoms with Crippen LogP contribution in [0.2, 0.25) is 0 Å². The van der Waals surface area contributed by atoms with Crippen molar-refractivity contribution in [1.82, 2.24) is 0 Å². The largest absolute Gasteiger partial charge is 0.494 e. The fraction of sp³-hybridized carbons (Fsp3) is 0.364. The molecule has 2 atom stereocenters. The van der Waals surface area contributed by atoms with Crippen molar-refractivity contribution in [3.63, 3.8) is 0 Å². The molecule has 17 heavy (non-hydrogen) atoms. The molecule has 6 heteroatoms. The summed E-state index contributed by atoms with van der Waals surface area (Å²) >= 11 is 0. The van der Waals surface area contributed by atoms with Gasteiger partial charge < -0.3 is 20.1 Å². The molecule has 5 nitrogen and oxygen atoms in total. The van der Waals surface area contributed by atoms with Gasteiger partial charge in [0.05, 0.1) is 6.61 Å². The van der Waals surface area contributed by atoms with Crippen LogP contribution in [0.5, 0.6) is 5.75 Å².